The second kappa shape index (κ2) is 4.16. The van der Waals surface area contributed by atoms with Crippen molar-refractivity contribution in [3.8, 4) is 0 Å². The molecule has 1 aromatic heterocycles. The van der Waals surface area contributed by atoms with Crippen LogP contribution < -0.4 is 5.32 Å². The molecule has 1 aromatic carbocycles. The van der Waals surface area contributed by atoms with Crippen LogP contribution in [-0.4, -0.2) is 16.7 Å². The zero-order valence-corrected chi connectivity index (χ0v) is 9.37. The molecule has 1 fully saturated rings. The first-order valence-corrected chi connectivity index (χ1v) is 6.09. The van der Waals surface area contributed by atoms with E-state index < -0.39 is 0 Å². The van der Waals surface area contributed by atoms with Crippen LogP contribution in [0.15, 0.2) is 24.4 Å². The second-order valence-electron chi connectivity index (χ2n) is 4.70. The summed E-state index contributed by atoms with van der Waals surface area (Å²) in [6, 6.07) is 6.36. The Morgan fingerprint density at radius 2 is 2.19 bits per heavy atom. The highest BCUT2D eigenvalue weighted by molar-refractivity contribution is 5.81. The average Bonchev–Trinajstić information content (AvgIpc) is 2.97. The number of hydrogen-bond acceptors (Lipinski definition) is 2. The fraction of sp³-hybridized carbons (Fsp3) is 0.462. The topological polar surface area (TPSA) is 40.7 Å². The minimum Gasteiger partial charge on any atom is -0.385 e. The van der Waals surface area contributed by atoms with Crippen LogP contribution in [0.1, 0.15) is 25.7 Å². The fourth-order valence-electron chi connectivity index (χ4n) is 2.53. The van der Waals surface area contributed by atoms with Crippen LogP contribution in [-0.2, 0) is 0 Å². The lowest BCUT2D eigenvalue weighted by Crippen LogP contribution is -2.10. The van der Waals surface area contributed by atoms with Gasteiger partial charge in [0, 0.05) is 17.6 Å². The first-order valence-electron chi connectivity index (χ1n) is 6.09. The lowest BCUT2D eigenvalue weighted by Gasteiger charge is -2.11. The van der Waals surface area contributed by atoms with Crippen molar-refractivity contribution in [2.24, 2.45) is 5.92 Å². The minimum atomic E-state index is 0.875. The van der Waals surface area contributed by atoms with E-state index >= 15 is 0 Å². The fourth-order valence-corrected chi connectivity index (χ4v) is 2.53. The Morgan fingerprint density at radius 3 is 3.06 bits per heavy atom. The molecule has 3 rings (SSSR count). The van der Waals surface area contributed by atoms with Gasteiger partial charge in [-0.3, -0.25) is 5.10 Å². The zero-order valence-electron chi connectivity index (χ0n) is 9.37. The molecule has 16 heavy (non-hydrogen) atoms. The number of hydrogen-bond donors (Lipinski definition) is 2. The molecule has 0 unspecified atom stereocenters. The minimum absolute atomic E-state index is 0.875. The molecule has 1 saturated carbocycles. The van der Waals surface area contributed by atoms with Crippen LogP contribution in [0.2, 0.25) is 0 Å². The molecule has 3 nitrogen and oxygen atoms in total. The van der Waals surface area contributed by atoms with Crippen molar-refractivity contribution in [2.45, 2.75) is 25.7 Å². The lowest BCUT2D eigenvalue weighted by atomic mass is 10.1. The van der Waals surface area contributed by atoms with Gasteiger partial charge in [-0.25, -0.2) is 0 Å². The van der Waals surface area contributed by atoms with Crippen LogP contribution in [0, 0.1) is 5.92 Å². The van der Waals surface area contributed by atoms with E-state index in [0.29, 0.717) is 0 Å². The molecule has 0 aliphatic heterocycles. The molecular weight excluding hydrogens is 198 g/mol. The van der Waals surface area contributed by atoms with Gasteiger partial charge in [0.25, 0.3) is 0 Å². The zero-order chi connectivity index (χ0) is 10.8. The van der Waals surface area contributed by atoms with Gasteiger partial charge in [0.2, 0.25) is 0 Å². The Labute approximate surface area is 95.2 Å². The maximum Gasteiger partial charge on any atom is 0.0651 e. The first kappa shape index (κ1) is 9.70. The number of nitrogens with one attached hydrogen (secondary N) is 2. The number of rotatable bonds is 3. The van der Waals surface area contributed by atoms with Gasteiger partial charge < -0.3 is 5.32 Å². The molecule has 1 aliphatic carbocycles. The number of H-pyrrole nitrogens is 1. The van der Waals surface area contributed by atoms with Crippen LogP contribution in [0.3, 0.4) is 0 Å². The summed E-state index contributed by atoms with van der Waals surface area (Å²) in [5.41, 5.74) is 2.31. The molecule has 0 amide bonds. The van der Waals surface area contributed by atoms with E-state index in [4.69, 9.17) is 0 Å². The van der Waals surface area contributed by atoms with Gasteiger partial charge in [-0.1, -0.05) is 12.8 Å². The van der Waals surface area contributed by atoms with E-state index in [2.05, 4.69) is 33.7 Å². The van der Waals surface area contributed by atoms with Crippen LogP contribution in [0.25, 0.3) is 10.9 Å². The standard InChI is InChI=1S/C13H17N3/c1-2-4-10(3-1)8-14-12-5-6-13-11(7-12)9-15-16-13/h5-7,9-10,14H,1-4,8H2,(H,15,16). The molecule has 0 bridgehead atoms. The highest BCUT2D eigenvalue weighted by Gasteiger charge is 2.14. The number of aromatic amines is 1. The predicted molar refractivity (Wildman–Crippen MR) is 66.5 cm³/mol. The molecule has 3 heteroatoms. The number of anilines is 1. The number of fused-ring (bicyclic) bond motifs is 1. The summed E-state index contributed by atoms with van der Waals surface area (Å²) >= 11 is 0. The highest BCUT2D eigenvalue weighted by Crippen LogP contribution is 2.25. The third-order valence-corrected chi connectivity index (χ3v) is 3.51. The van der Waals surface area contributed by atoms with E-state index in [0.717, 1.165) is 18.0 Å². The molecule has 0 saturated heterocycles. The summed E-state index contributed by atoms with van der Waals surface area (Å²) < 4.78 is 0. The van der Waals surface area contributed by atoms with Gasteiger partial charge in [-0.15, -0.1) is 0 Å². The Hall–Kier alpha value is -1.51. The largest absolute Gasteiger partial charge is 0.385 e. The summed E-state index contributed by atoms with van der Waals surface area (Å²) in [7, 11) is 0. The SMILES string of the molecule is c1cc2[nH]ncc2cc1NCC1CCCC1. The van der Waals surface area contributed by atoms with Crippen LogP contribution >= 0.6 is 0 Å². The van der Waals surface area contributed by atoms with Crippen molar-refractivity contribution in [3.63, 3.8) is 0 Å². The van der Waals surface area contributed by atoms with Gasteiger partial charge in [0.15, 0.2) is 0 Å². The Bertz CT molecular complexity index is 469. The van der Waals surface area contributed by atoms with E-state index in [1.165, 1.54) is 36.8 Å². The predicted octanol–water partition coefficient (Wildman–Crippen LogP) is 3.17. The molecule has 0 radical (unpaired) electrons. The Kier molecular flexibility index (Phi) is 2.52. The summed E-state index contributed by atoms with van der Waals surface area (Å²) in [4.78, 5) is 0. The van der Waals surface area contributed by atoms with E-state index in [-0.39, 0.29) is 0 Å². The molecule has 2 aromatic rings. The average molecular weight is 215 g/mol. The van der Waals surface area contributed by atoms with Gasteiger partial charge in [-0.05, 0) is 37.0 Å². The number of aromatic nitrogens is 2. The van der Waals surface area contributed by atoms with E-state index in [9.17, 15) is 0 Å². The van der Waals surface area contributed by atoms with Crippen molar-refractivity contribution in [1.82, 2.24) is 10.2 Å². The smallest absolute Gasteiger partial charge is 0.0651 e. The van der Waals surface area contributed by atoms with Gasteiger partial charge in [0.1, 0.15) is 0 Å². The first-order chi connectivity index (χ1) is 7.92. The van der Waals surface area contributed by atoms with Gasteiger partial charge in [-0.2, -0.15) is 5.10 Å². The maximum atomic E-state index is 4.03. The number of nitrogens with zero attached hydrogens (tertiary/aromatic N) is 1. The van der Waals surface area contributed by atoms with Crippen molar-refractivity contribution >= 4 is 16.6 Å². The monoisotopic (exact) mass is 215 g/mol. The third-order valence-electron chi connectivity index (χ3n) is 3.51. The summed E-state index contributed by atoms with van der Waals surface area (Å²) in [5, 5.41) is 11.7. The molecule has 0 spiro atoms. The Balaban J connectivity index is 1.68. The summed E-state index contributed by atoms with van der Waals surface area (Å²) in [5.74, 6) is 0.875. The normalized spacial score (nSPS) is 17.0. The lowest BCUT2D eigenvalue weighted by molar-refractivity contribution is 0.580. The number of benzene rings is 1. The molecular formula is C13H17N3. The Morgan fingerprint density at radius 1 is 1.31 bits per heavy atom. The quantitative estimate of drug-likeness (QED) is 0.825. The van der Waals surface area contributed by atoms with E-state index in [1.54, 1.807) is 0 Å². The summed E-state index contributed by atoms with van der Waals surface area (Å²) in [6.07, 6.45) is 7.47. The summed E-state index contributed by atoms with van der Waals surface area (Å²) in [6.45, 7) is 1.11. The molecule has 2 N–H and O–H groups in total. The molecule has 1 aliphatic rings. The van der Waals surface area contributed by atoms with Crippen molar-refractivity contribution in [2.75, 3.05) is 11.9 Å². The molecule has 0 atom stereocenters. The highest BCUT2D eigenvalue weighted by atomic mass is 15.1. The molecule has 1 heterocycles. The van der Waals surface area contributed by atoms with Crippen molar-refractivity contribution in [1.29, 1.82) is 0 Å². The van der Waals surface area contributed by atoms with Crippen molar-refractivity contribution < 1.29 is 0 Å². The maximum absolute atomic E-state index is 4.03. The van der Waals surface area contributed by atoms with E-state index in [1.807, 2.05) is 6.20 Å². The second-order valence-corrected chi connectivity index (χ2v) is 4.70. The van der Waals surface area contributed by atoms with Crippen molar-refractivity contribution in [3.05, 3.63) is 24.4 Å². The van der Waals surface area contributed by atoms with Gasteiger partial charge >= 0.3 is 0 Å². The van der Waals surface area contributed by atoms with Crippen LogP contribution in [0.5, 0.6) is 0 Å². The van der Waals surface area contributed by atoms with Gasteiger partial charge in [0.05, 0.1) is 11.7 Å². The molecule has 84 valence electrons. The van der Waals surface area contributed by atoms with Crippen LogP contribution in [0.4, 0.5) is 5.69 Å². The third kappa shape index (κ3) is 1.90.